The van der Waals surface area contributed by atoms with Crippen molar-refractivity contribution in [3.05, 3.63) is 22.6 Å². The SMILES string of the molecule is CCOC(=O)CCC(=O)Cc1occc1Br. The van der Waals surface area contributed by atoms with E-state index in [4.69, 9.17) is 9.15 Å². The molecule has 0 bridgehead atoms. The molecule has 1 rings (SSSR count). The molecule has 1 aromatic heterocycles. The minimum atomic E-state index is -0.339. The maximum Gasteiger partial charge on any atom is 0.306 e. The number of ether oxygens (including phenoxy) is 1. The summed E-state index contributed by atoms with van der Waals surface area (Å²) in [5, 5.41) is 0. The number of furan rings is 1. The van der Waals surface area contributed by atoms with Gasteiger partial charge >= 0.3 is 5.97 Å². The van der Waals surface area contributed by atoms with Crippen LogP contribution in [0.1, 0.15) is 25.5 Å². The first kappa shape index (κ1) is 13.0. The molecule has 0 radical (unpaired) electrons. The molecule has 0 saturated carbocycles. The topological polar surface area (TPSA) is 56.5 Å². The van der Waals surface area contributed by atoms with Crippen molar-refractivity contribution in [2.24, 2.45) is 0 Å². The van der Waals surface area contributed by atoms with Gasteiger partial charge in [0.15, 0.2) is 0 Å². The molecule has 0 aliphatic carbocycles. The third-order valence-corrected chi connectivity index (χ3v) is 2.67. The Morgan fingerprint density at radius 3 is 2.75 bits per heavy atom. The van der Waals surface area contributed by atoms with Gasteiger partial charge in [-0.3, -0.25) is 9.59 Å². The fourth-order valence-electron chi connectivity index (χ4n) is 1.19. The van der Waals surface area contributed by atoms with Crippen molar-refractivity contribution in [3.63, 3.8) is 0 Å². The van der Waals surface area contributed by atoms with Crippen LogP contribution in [-0.2, 0) is 20.7 Å². The lowest BCUT2D eigenvalue weighted by atomic mass is 10.1. The highest BCUT2D eigenvalue weighted by Gasteiger charge is 2.12. The lowest BCUT2D eigenvalue weighted by Crippen LogP contribution is -2.09. The molecule has 0 saturated heterocycles. The van der Waals surface area contributed by atoms with Gasteiger partial charge in [-0.1, -0.05) is 0 Å². The highest BCUT2D eigenvalue weighted by molar-refractivity contribution is 9.10. The van der Waals surface area contributed by atoms with Crippen molar-refractivity contribution in [1.82, 2.24) is 0 Å². The van der Waals surface area contributed by atoms with E-state index < -0.39 is 0 Å². The summed E-state index contributed by atoms with van der Waals surface area (Å²) in [4.78, 5) is 22.5. The first-order valence-corrected chi connectivity index (χ1v) is 5.82. The Bertz CT molecular complexity index is 370. The predicted molar refractivity (Wildman–Crippen MR) is 61.0 cm³/mol. The van der Waals surface area contributed by atoms with Gasteiger partial charge in [0, 0.05) is 6.42 Å². The Kier molecular flexibility index (Phi) is 5.25. The quantitative estimate of drug-likeness (QED) is 0.755. The van der Waals surface area contributed by atoms with Gasteiger partial charge in [0.25, 0.3) is 0 Å². The van der Waals surface area contributed by atoms with E-state index in [9.17, 15) is 9.59 Å². The average molecular weight is 289 g/mol. The molecule has 0 spiro atoms. The van der Waals surface area contributed by atoms with Crippen LogP contribution in [0.5, 0.6) is 0 Å². The van der Waals surface area contributed by atoms with E-state index in [1.807, 2.05) is 0 Å². The number of rotatable bonds is 6. The molecule has 5 heteroatoms. The van der Waals surface area contributed by atoms with E-state index in [-0.39, 0.29) is 31.0 Å². The van der Waals surface area contributed by atoms with Gasteiger partial charge in [-0.2, -0.15) is 0 Å². The van der Waals surface area contributed by atoms with Gasteiger partial charge in [-0.05, 0) is 28.9 Å². The summed E-state index contributed by atoms with van der Waals surface area (Å²) in [5.74, 6) is 0.215. The zero-order valence-corrected chi connectivity index (χ0v) is 10.6. The molecule has 0 N–H and O–H groups in total. The van der Waals surface area contributed by atoms with Crippen LogP contribution >= 0.6 is 15.9 Å². The van der Waals surface area contributed by atoms with Crippen molar-refractivity contribution in [2.45, 2.75) is 26.2 Å². The van der Waals surface area contributed by atoms with Crippen LogP contribution in [0, 0.1) is 0 Å². The maximum absolute atomic E-state index is 11.5. The van der Waals surface area contributed by atoms with Gasteiger partial charge in [0.2, 0.25) is 0 Å². The monoisotopic (exact) mass is 288 g/mol. The molecule has 1 heterocycles. The molecule has 0 atom stereocenters. The average Bonchev–Trinajstić information content (AvgIpc) is 2.62. The summed E-state index contributed by atoms with van der Waals surface area (Å²) in [5.41, 5.74) is 0. The van der Waals surface area contributed by atoms with Crippen LogP contribution in [0.2, 0.25) is 0 Å². The van der Waals surface area contributed by atoms with Crippen LogP contribution in [-0.4, -0.2) is 18.4 Å². The van der Waals surface area contributed by atoms with Crippen molar-refractivity contribution in [2.75, 3.05) is 6.61 Å². The molecule has 0 amide bonds. The van der Waals surface area contributed by atoms with Crippen LogP contribution in [0.3, 0.4) is 0 Å². The van der Waals surface area contributed by atoms with Crippen molar-refractivity contribution >= 4 is 27.7 Å². The van der Waals surface area contributed by atoms with Gasteiger partial charge in [0.1, 0.15) is 11.5 Å². The third kappa shape index (κ3) is 4.18. The van der Waals surface area contributed by atoms with E-state index in [0.717, 1.165) is 4.47 Å². The third-order valence-electron chi connectivity index (χ3n) is 1.96. The number of hydrogen-bond acceptors (Lipinski definition) is 4. The highest BCUT2D eigenvalue weighted by Crippen LogP contribution is 2.18. The molecule has 0 aliphatic rings. The standard InChI is InChI=1S/C11H13BrO4/c1-2-15-11(14)4-3-8(13)7-10-9(12)5-6-16-10/h5-6H,2-4,7H2,1H3. The molecule has 0 aliphatic heterocycles. The molecule has 1 aromatic rings. The minimum Gasteiger partial charge on any atom is -0.468 e. The van der Waals surface area contributed by atoms with E-state index in [1.165, 1.54) is 6.26 Å². The molecular weight excluding hydrogens is 276 g/mol. The Balaban J connectivity index is 2.32. The van der Waals surface area contributed by atoms with Crippen LogP contribution in [0.15, 0.2) is 21.2 Å². The number of carbonyl (C=O) groups is 2. The van der Waals surface area contributed by atoms with Crippen molar-refractivity contribution in [1.29, 1.82) is 0 Å². The van der Waals surface area contributed by atoms with Gasteiger partial charge in [-0.25, -0.2) is 0 Å². The summed E-state index contributed by atoms with van der Waals surface area (Å²) < 4.78 is 10.6. The second-order valence-electron chi connectivity index (χ2n) is 3.21. The molecule has 16 heavy (non-hydrogen) atoms. The van der Waals surface area contributed by atoms with E-state index in [0.29, 0.717) is 12.4 Å². The first-order valence-electron chi connectivity index (χ1n) is 5.02. The fourth-order valence-corrected chi connectivity index (χ4v) is 1.53. The Hall–Kier alpha value is -1.10. The predicted octanol–water partition coefficient (Wildman–Crippen LogP) is 2.50. The summed E-state index contributed by atoms with van der Waals surface area (Å²) >= 11 is 3.26. The number of Topliss-reactive ketones (excluding diaryl/α,β-unsaturated/α-hetero) is 1. The van der Waals surface area contributed by atoms with Crippen LogP contribution < -0.4 is 0 Å². The zero-order chi connectivity index (χ0) is 12.0. The summed E-state index contributed by atoms with van der Waals surface area (Å²) in [6.07, 6.45) is 2.03. The summed E-state index contributed by atoms with van der Waals surface area (Å²) in [6, 6.07) is 1.73. The van der Waals surface area contributed by atoms with E-state index in [2.05, 4.69) is 15.9 Å². The lowest BCUT2D eigenvalue weighted by molar-refractivity contribution is -0.144. The smallest absolute Gasteiger partial charge is 0.306 e. The maximum atomic E-state index is 11.5. The molecular formula is C11H13BrO4. The lowest BCUT2D eigenvalue weighted by Gasteiger charge is -2.00. The normalized spacial score (nSPS) is 10.1. The second kappa shape index (κ2) is 6.48. The van der Waals surface area contributed by atoms with Crippen molar-refractivity contribution in [3.8, 4) is 0 Å². The number of carbonyl (C=O) groups excluding carboxylic acids is 2. The summed E-state index contributed by atoms with van der Waals surface area (Å²) in [6.45, 7) is 2.08. The molecule has 0 fully saturated rings. The number of esters is 1. The van der Waals surface area contributed by atoms with E-state index >= 15 is 0 Å². The molecule has 88 valence electrons. The van der Waals surface area contributed by atoms with Gasteiger partial charge in [0.05, 0.1) is 30.2 Å². The highest BCUT2D eigenvalue weighted by atomic mass is 79.9. The number of halogens is 1. The van der Waals surface area contributed by atoms with Crippen LogP contribution in [0.4, 0.5) is 0 Å². The minimum absolute atomic E-state index is 0.0382. The largest absolute Gasteiger partial charge is 0.468 e. The molecule has 4 nitrogen and oxygen atoms in total. The van der Waals surface area contributed by atoms with Gasteiger partial charge < -0.3 is 9.15 Å². The van der Waals surface area contributed by atoms with Crippen LogP contribution in [0.25, 0.3) is 0 Å². The molecule has 0 aromatic carbocycles. The fraction of sp³-hybridized carbons (Fsp3) is 0.455. The molecule has 0 unspecified atom stereocenters. The Labute approximate surface area is 102 Å². The van der Waals surface area contributed by atoms with Gasteiger partial charge in [-0.15, -0.1) is 0 Å². The summed E-state index contributed by atoms with van der Waals surface area (Å²) in [7, 11) is 0. The Morgan fingerprint density at radius 1 is 1.44 bits per heavy atom. The second-order valence-corrected chi connectivity index (χ2v) is 4.07. The van der Waals surface area contributed by atoms with E-state index in [1.54, 1.807) is 13.0 Å². The number of ketones is 1. The Morgan fingerprint density at radius 2 is 2.19 bits per heavy atom. The number of hydrogen-bond donors (Lipinski definition) is 0. The van der Waals surface area contributed by atoms with Crippen molar-refractivity contribution < 1.29 is 18.7 Å². The zero-order valence-electron chi connectivity index (χ0n) is 8.99. The first-order chi connectivity index (χ1) is 7.63.